The lowest BCUT2D eigenvalue weighted by molar-refractivity contribution is 0.624. The van der Waals surface area contributed by atoms with Gasteiger partial charge in [-0.3, -0.25) is 0 Å². The molecule has 0 saturated carbocycles. The molecule has 1 heterocycles. The number of aromatic nitrogens is 2. The average Bonchev–Trinajstić information content (AvgIpc) is 2.87. The largest absolute Gasteiger partial charge is 0.317 e. The number of nitrogens with one attached hydrogen (secondary N) is 1. The highest BCUT2D eigenvalue weighted by atomic mass is 79.9. The molecule has 0 unspecified atom stereocenters. The first-order valence-corrected chi connectivity index (χ1v) is 7.80. The number of halogens is 2. The molecule has 6 heteroatoms. The monoisotopic (exact) mass is 343 g/mol. The Bertz CT molecular complexity index is 544. The Labute approximate surface area is 124 Å². The van der Waals surface area contributed by atoms with E-state index in [1.165, 1.54) is 11.3 Å². The summed E-state index contributed by atoms with van der Waals surface area (Å²) in [6.45, 7) is 4.03. The van der Waals surface area contributed by atoms with E-state index in [-0.39, 0.29) is 5.82 Å². The maximum atomic E-state index is 13.9. The summed E-state index contributed by atoms with van der Waals surface area (Å²) in [5.41, 5.74) is 0.504. The van der Waals surface area contributed by atoms with Crippen molar-refractivity contribution in [3.8, 4) is 10.6 Å². The second kappa shape index (κ2) is 7.07. The summed E-state index contributed by atoms with van der Waals surface area (Å²) in [5.74, 6) is -0.280. The SMILES string of the molecule is CCNCCCc1nnc(-c2cccc(Br)c2F)s1. The van der Waals surface area contributed by atoms with Crippen LogP contribution in [-0.2, 0) is 6.42 Å². The summed E-state index contributed by atoms with van der Waals surface area (Å²) in [7, 11) is 0. The molecule has 3 nitrogen and oxygen atoms in total. The Balaban J connectivity index is 2.06. The van der Waals surface area contributed by atoms with Crippen molar-refractivity contribution in [1.82, 2.24) is 15.5 Å². The molecule has 0 radical (unpaired) electrons. The molecule has 0 saturated heterocycles. The predicted molar refractivity (Wildman–Crippen MR) is 79.9 cm³/mol. The van der Waals surface area contributed by atoms with Gasteiger partial charge < -0.3 is 5.32 Å². The van der Waals surface area contributed by atoms with Crippen LogP contribution < -0.4 is 5.32 Å². The molecule has 0 bridgehead atoms. The Morgan fingerprint density at radius 1 is 1.37 bits per heavy atom. The number of rotatable bonds is 6. The molecule has 2 rings (SSSR count). The van der Waals surface area contributed by atoms with Crippen LogP contribution in [0.3, 0.4) is 0 Å². The lowest BCUT2D eigenvalue weighted by Crippen LogP contribution is -2.14. The first-order valence-electron chi connectivity index (χ1n) is 6.20. The Kier molecular flexibility index (Phi) is 5.42. The van der Waals surface area contributed by atoms with E-state index in [1.807, 2.05) is 0 Å². The topological polar surface area (TPSA) is 37.8 Å². The first kappa shape index (κ1) is 14.6. The minimum absolute atomic E-state index is 0.280. The van der Waals surface area contributed by atoms with Gasteiger partial charge in [0.15, 0.2) is 5.01 Å². The third-order valence-corrected chi connectivity index (χ3v) is 4.27. The van der Waals surface area contributed by atoms with Crippen molar-refractivity contribution in [3.63, 3.8) is 0 Å². The summed E-state index contributed by atoms with van der Waals surface area (Å²) in [5, 5.41) is 13.0. The first-order chi connectivity index (χ1) is 9.22. The van der Waals surface area contributed by atoms with Gasteiger partial charge in [-0.2, -0.15) is 0 Å². The van der Waals surface area contributed by atoms with Gasteiger partial charge in [-0.1, -0.05) is 24.3 Å². The highest BCUT2D eigenvalue weighted by molar-refractivity contribution is 9.10. The quantitative estimate of drug-likeness (QED) is 0.813. The minimum atomic E-state index is -0.280. The van der Waals surface area contributed by atoms with Gasteiger partial charge in [0.2, 0.25) is 0 Å². The molecule has 0 atom stereocenters. The third kappa shape index (κ3) is 3.81. The minimum Gasteiger partial charge on any atom is -0.317 e. The molecule has 2 aromatic rings. The molecule has 0 aliphatic carbocycles. The van der Waals surface area contributed by atoms with Crippen molar-refractivity contribution >= 4 is 27.3 Å². The zero-order chi connectivity index (χ0) is 13.7. The van der Waals surface area contributed by atoms with Gasteiger partial charge in [0.25, 0.3) is 0 Å². The zero-order valence-corrected chi connectivity index (χ0v) is 13.0. The van der Waals surface area contributed by atoms with Crippen molar-refractivity contribution in [3.05, 3.63) is 33.5 Å². The maximum absolute atomic E-state index is 13.9. The van der Waals surface area contributed by atoms with Crippen LogP contribution >= 0.6 is 27.3 Å². The normalized spacial score (nSPS) is 10.9. The Morgan fingerprint density at radius 2 is 2.21 bits per heavy atom. The van der Waals surface area contributed by atoms with E-state index in [1.54, 1.807) is 18.2 Å². The van der Waals surface area contributed by atoms with E-state index in [0.717, 1.165) is 30.9 Å². The molecule has 0 spiro atoms. The van der Waals surface area contributed by atoms with Crippen LogP contribution in [0.4, 0.5) is 4.39 Å². The van der Waals surface area contributed by atoms with Crippen molar-refractivity contribution < 1.29 is 4.39 Å². The van der Waals surface area contributed by atoms with Gasteiger partial charge in [0.05, 0.1) is 4.47 Å². The Hall–Kier alpha value is -0.850. The van der Waals surface area contributed by atoms with Crippen LogP contribution in [0.15, 0.2) is 22.7 Å². The highest BCUT2D eigenvalue weighted by Crippen LogP contribution is 2.30. The number of benzene rings is 1. The molecule has 0 amide bonds. The molecule has 1 aromatic carbocycles. The predicted octanol–water partition coefficient (Wildman–Crippen LogP) is 3.65. The Morgan fingerprint density at radius 3 is 3.00 bits per heavy atom. The van der Waals surface area contributed by atoms with E-state index in [9.17, 15) is 4.39 Å². The van der Waals surface area contributed by atoms with Crippen molar-refractivity contribution in [2.45, 2.75) is 19.8 Å². The fourth-order valence-electron chi connectivity index (χ4n) is 1.67. The van der Waals surface area contributed by atoms with Gasteiger partial charge in [-0.15, -0.1) is 10.2 Å². The standard InChI is InChI=1S/C13H15BrFN3S/c1-2-16-8-4-7-11-17-18-13(19-11)9-5-3-6-10(14)12(9)15/h3,5-6,16H,2,4,7-8H2,1H3. The molecular formula is C13H15BrFN3S. The van der Waals surface area contributed by atoms with Crippen molar-refractivity contribution in [2.24, 2.45) is 0 Å². The van der Waals surface area contributed by atoms with Crippen molar-refractivity contribution in [2.75, 3.05) is 13.1 Å². The van der Waals surface area contributed by atoms with Crippen LogP contribution in [0.25, 0.3) is 10.6 Å². The van der Waals surface area contributed by atoms with E-state index in [4.69, 9.17) is 0 Å². The molecule has 1 N–H and O–H groups in total. The number of nitrogens with zero attached hydrogens (tertiary/aromatic N) is 2. The van der Waals surface area contributed by atoms with E-state index >= 15 is 0 Å². The van der Waals surface area contributed by atoms with Crippen LogP contribution in [0.2, 0.25) is 0 Å². The van der Waals surface area contributed by atoms with Crippen LogP contribution in [0.1, 0.15) is 18.4 Å². The van der Waals surface area contributed by atoms with Crippen molar-refractivity contribution in [1.29, 1.82) is 0 Å². The lowest BCUT2D eigenvalue weighted by Gasteiger charge is -1.99. The van der Waals surface area contributed by atoms with Gasteiger partial charge in [-0.25, -0.2) is 4.39 Å². The average molecular weight is 344 g/mol. The third-order valence-electron chi connectivity index (χ3n) is 2.64. The van der Waals surface area contributed by atoms with Crippen LogP contribution in [0.5, 0.6) is 0 Å². The fraction of sp³-hybridized carbons (Fsp3) is 0.385. The summed E-state index contributed by atoms with van der Waals surface area (Å²) in [6.07, 6.45) is 1.89. The molecule has 19 heavy (non-hydrogen) atoms. The van der Waals surface area contributed by atoms with Crippen LogP contribution in [0, 0.1) is 5.82 Å². The van der Waals surface area contributed by atoms with E-state index in [2.05, 4.69) is 38.4 Å². The zero-order valence-electron chi connectivity index (χ0n) is 10.6. The number of hydrogen-bond acceptors (Lipinski definition) is 4. The van der Waals surface area contributed by atoms with Gasteiger partial charge in [-0.05, 0) is 47.6 Å². The second-order valence-corrected chi connectivity index (χ2v) is 5.98. The highest BCUT2D eigenvalue weighted by Gasteiger charge is 2.12. The van der Waals surface area contributed by atoms with Gasteiger partial charge in [0.1, 0.15) is 10.8 Å². The summed E-state index contributed by atoms with van der Waals surface area (Å²) in [4.78, 5) is 0. The van der Waals surface area contributed by atoms with E-state index < -0.39 is 0 Å². The second-order valence-electron chi connectivity index (χ2n) is 4.06. The molecule has 102 valence electrons. The van der Waals surface area contributed by atoms with Crippen LogP contribution in [-0.4, -0.2) is 23.3 Å². The molecule has 0 aliphatic heterocycles. The molecule has 0 fully saturated rings. The number of aryl methyl sites for hydroxylation is 1. The summed E-state index contributed by atoms with van der Waals surface area (Å²) < 4.78 is 14.4. The molecule has 0 aliphatic rings. The maximum Gasteiger partial charge on any atom is 0.150 e. The summed E-state index contributed by atoms with van der Waals surface area (Å²) in [6, 6.07) is 5.20. The van der Waals surface area contributed by atoms with E-state index in [0.29, 0.717) is 15.0 Å². The molecular weight excluding hydrogens is 329 g/mol. The fourth-order valence-corrected chi connectivity index (χ4v) is 2.94. The lowest BCUT2D eigenvalue weighted by atomic mass is 10.2. The smallest absolute Gasteiger partial charge is 0.150 e. The summed E-state index contributed by atoms with van der Waals surface area (Å²) >= 11 is 4.64. The van der Waals surface area contributed by atoms with Gasteiger partial charge in [0, 0.05) is 12.0 Å². The van der Waals surface area contributed by atoms with Gasteiger partial charge >= 0.3 is 0 Å². The number of hydrogen-bond donors (Lipinski definition) is 1. The molecule has 1 aromatic heterocycles.